The zero-order chi connectivity index (χ0) is 18.6. The molecule has 0 spiro atoms. The van der Waals surface area contributed by atoms with Crippen molar-refractivity contribution in [2.45, 2.75) is 65.1 Å². The first-order chi connectivity index (χ1) is 11.8. The van der Waals surface area contributed by atoms with E-state index in [4.69, 9.17) is 4.99 Å². The summed E-state index contributed by atoms with van der Waals surface area (Å²) >= 11 is 0. The summed E-state index contributed by atoms with van der Waals surface area (Å²) in [6, 6.07) is 1.24. The second-order valence-corrected chi connectivity index (χ2v) is 7.66. The van der Waals surface area contributed by atoms with Gasteiger partial charge in [-0.25, -0.2) is 0 Å². The topological polar surface area (TPSA) is 48.7 Å². The first kappa shape index (κ1) is 19.8. The van der Waals surface area contributed by atoms with Crippen molar-refractivity contribution in [1.29, 1.82) is 0 Å². The average Bonchev–Trinajstić information content (AvgIpc) is 3.33. The van der Waals surface area contributed by atoms with Gasteiger partial charge in [-0.2, -0.15) is 5.10 Å². The predicted molar refractivity (Wildman–Crippen MR) is 105 cm³/mol. The molecule has 0 amide bonds. The molecule has 1 unspecified atom stereocenters. The summed E-state index contributed by atoms with van der Waals surface area (Å²) in [6.45, 7) is 11.3. The van der Waals surface area contributed by atoms with Gasteiger partial charge in [0, 0.05) is 51.0 Å². The second kappa shape index (κ2) is 8.70. The smallest absolute Gasteiger partial charge is 0.194 e. The van der Waals surface area contributed by atoms with Gasteiger partial charge >= 0.3 is 0 Å². The molecule has 142 valence electrons. The summed E-state index contributed by atoms with van der Waals surface area (Å²) in [6.07, 6.45) is 4.80. The van der Waals surface area contributed by atoms with Crippen LogP contribution in [0.4, 0.5) is 0 Å². The minimum atomic E-state index is 0.427. The van der Waals surface area contributed by atoms with Crippen LogP contribution in [0.2, 0.25) is 0 Å². The van der Waals surface area contributed by atoms with Crippen molar-refractivity contribution in [3.63, 3.8) is 0 Å². The fourth-order valence-electron chi connectivity index (χ4n) is 3.15. The van der Waals surface area contributed by atoms with Gasteiger partial charge in [0.25, 0.3) is 0 Å². The highest BCUT2D eigenvalue weighted by Gasteiger charge is 2.29. The molecule has 1 saturated carbocycles. The van der Waals surface area contributed by atoms with Gasteiger partial charge in [0.05, 0.1) is 12.2 Å². The standard InChI is InChI=1S/C19H36N6/c1-8-20-19(21-11-15(4)25(7)17-9-10-17)23(5)12-16-13-24(6)22-18(16)14(2)3/h13-15,17H,8-12H2,1-7H3,(H,20,21). The molecular formula is C19H36N6. The van der Waals surface area contributed by atoms with Gasteiger partial charge in [0.1, 0.15) is 0 Å². The number of aryl methyl sites for hydroxylation is 1. The van der Waals surface area contributed by atoms with Gasteiger partial charge in [-0.1, -0.05) is 13.8 Å². The van der Waals surface area contributed by atoms with Crippen molar-refractivity contribution in [1.82, 2.24) is 24.9 Å². The van der Waals surface area contributed by atoms with Crippen LogP contribution in [-0.2, 0) is 13.6 Å². The summed E-state index contributed by atoms with van der Waals surface area (Å²) in [4.78, 5) is 9.55. The molecule has 0 bridgehead atoms. The third kappa shape index (κ3) is 5.46. The molecule has 1 atom stereocenters. The van der Waals surface area contributed by atoms with Crippen LogP contribution in [0.1, 0.15) is 57.7 Å². The lowest BCUT2D eigenvalue weighted by atomic mass is 10.1. The fraction of sp³-hybridized carbons (Fsp3) is 0.789. The molecule has 25 heavy (non-hydrogen) atoms. The monoisotopic (exact) mass is 348 g/mol. The second-order valence-electron chi connectivity index (χ2n) is 7.66. The summed E-state index contributed by atoms with van der Waals surface area (Å²) in [5, 5.41) is 8.04. The Morgan fingerprint density at radius 3 is 2.60 bits per heavy atom. The maximum atomic E-state index is 4.88. The normalized spacial score (nSPS) is 16.6. The summed E-state index contributed by atoms with van der Waals surface area (Å²) in [5.41, 5.74) is 2.45. The lowest BCUT2D eigenvalue weighted by molar-refractivity contribution is 0.252. The Morgan fingerprint density at radius 2 is 2.04 bits per heavy atom. The SMILES string of the molecule is CCNC(=NCC(C)N(C)C1CC1)N(C)Cc1cn(C)nc1C(C)C. The average molecular weight is 349 g/mol. The van der Waals surface area contributed by atoms with Crippen molar-refractivity contribution in [2.24, 2.45) is 12.0 Å². The molecule has 1 aliphatic carbocycles. The van der Waals surface area contributed by atoms with Gasteiger partial charge in [-0.15, -0.1) is 0 Å². The number of aromatic nitrogens is 2. The fourth-order valence-corrected chi connectivity index (χ4v) is 3.15. The van der Waals surface area contributed by atoms with E-state index in [0.717, 1.165) is 31.6 Å². The van der Waals surface area contributed by atoms with Crippen molar-refractivity contribution in [3.05, 3.63) is 17.5 Å². The van der Waals surface area contributed by atoms with Gasteiger partial charge in [0.2, 0.25) is 0 Å². The molecule has 6 heteroatoms. The molecule has 0 aromatic carbocycles. The molecule has 0 aliphatic heterocycles. The van der Waals surface area contributed by atoms with E-state index in [2.05, 4.69) is 68.2 Å². The van der Waals surface area contributed by atoms with Crippen molar-refractivity contribution in [3.8, 4) is 0 Å². The zero-order valence-electron chi connectivity index (χ0n) is 17.1. The van der Waals surface area contributed by atoms with E-state index in [0.29, 0.717) is 12.0 Å². The van der Waals surface area contributed by atoms with Crippen LogP contribution in [0.15, 0.2) is 11.2 Å². The number of aliphatic imine (C=N–C) groups is 1. The molecular weight excluding hydrogens is 312 g/mol. The summed E-state index contributed by atoms with van der Waals surface area (Å²) in [7, 11) is 6.32. The Bertz CT molecular complexity index is 572. The van der Waals surface area contributed by atoms with Crippen LogP contribution in [-0.4, -0.2) is 64.8 Å². The van der Waals surface area contributed by atoms with E-state index in [1.54, 1.807) is 0 Å². The Kier molecular flexibility index (Phi) is 6.87. The molecule has 1 aliphatic rings. The highest BCUT2D eigenvalue weighted by Crippen LogP contribution is 2.27. The van der Waals surface area contributed by atoms with Crippen LogP contribution in [0.5, 0.6) is 0 Å². The third-order valence-corrected chi connectivity index (χ3v) is 4.91. The van der Waals surface area contributed by atoms with E-state index < -0.39 is 0 Å². The molecule has 1 fully saturated rings. The van der Waals surface area contributed by atoms with E-state index in [9.17, 15) is 0 Å². The number of hydrogen-bond donors (Lipinski definition) is 1. The molecule has 1 aromatic heterocycles. The number of guanidine groups is 1. The van der Waals surface area contributed by atoms with E-state index >= 15 is 0 Å². The molecule has 6 nitrogen and oxygen atoms in total. The minimum Gasteiger partial charge on any atom is -0.357 e. The van der Waals surface area contributed by atoms with Crippen molar-refractivity contribution in [2.75, 3.05) is 27.2 Å². The first-order valence-electron chi connectivity index (χ1n) is 9.57. The van der Waals surface area contributed by atoms with E-state index in [1.807, 2.05) is 11.7 Å². The third-order valence-electron chi connectivity index (χ3n) is 4.91. The van der Waals surface area contributed by atoms with Crippen LogP contribution >= 0.6 is 0 Å². The predicted octanol–water partition coefficient (Wildman–Crippen LogP) is 2.42. The highest BCUT2D eigenvalue weighted by molar-refractivity contribution is 5.79. The van der Waals surface area contributed by atoms with Crippen LogP contribution < -0.4 is 5.32 Å². The van der Waals surface area contributed by atoms with Crippen LogP contribution in [0, 0.1) is 0 Å². The molecule has 0 radical (unpaired) electrons. The Labute approximate surface area is 153 Å². The van der Waals surface area contributed by atoms with Crippen LogP contribution in [0.25, 0.3) is 0 Å². The molecule has 1 N–H and O–H groups in total. The van der Waals surface area contributed by atoms with E-state index in [1.165, 1.54) is 24.1 Å². The van der Waals surface area contributed by atoms with Gasteiger partial charge in [-0.3, -0.25) is 14.6 Å². The minimum absolute atomic E-state index is 0.427. The number of nitrogens with one attached hydrogen (secondary N) is 1. The van der Waals surface area contributed by atoms with Gasteiger partial charge < -0.3 is 10.2 Å². The molecule has 2 rings (SSSR count). The Hall–Kier alpha value is -1.56. The number of rotatable bonds is 8. The van der Waals surface area contributed by atoms with Gasteiger partial charge in [-0.05, 0) is 39.7 Å². The van der Waals surface area contributed by atoms with Crippen LogP contribution in [0.3, 0.4) is 0 Å². The maximum absolute atomic E-state index is 4.88. The summed E-state index contributed by atoms with van der Waals surface area (Å²) < 4.78 is 1.91. The van der Waals surface area contributed by atoms with E-state index in [-0.39, 0.29) is 0 Å². The Balaban J connectivity index is 2.03. The first-order valence-corrected chi connectivity index (χ1v) is 9.57. The highest BCUT2D eigenvalue weighted by atomic mass is 15.3. The lowest BCUT2D eigenvalue weighted by Gasteiger charge is -2.26. The van der Waals surface area contributed by atoms with Crippen molar-refractivity contribution >= 4 is 5.96 Å². The van der Waals surface area contributed by atoms with Crippen molar-refractivity contribution < 1.29 is 0 Å². The zero-order valence-corrected chi connectivity index (χ0v) is 17.1. The Morgan fingerprint density at radius 1 is 1.36 bits per heavy atom. The van der Waals surface area contributed by atoms with Gasteiger partial charge in [0.15, 0.2) is 5.96 Å². The largest absolute Gasteiger partial charge is 0.357 e. The molecule has 1 heterocycles. The number of likely N-dealkylation sites (N-methyl/N-ethyl adjacent to an activating group) is 1. The number of hydrogen-bond acceptors (Lipinski definition) is 3. The molecule has 1 aromatic rings. The quantitative estimate of drug-likeness (QED) is 0.579. The lowest BCUT2D eigenvalue weighted by Crippen LogP contribution is -2.40. The summed E-state index contributed by atoms with van der Waals surface area (Å²) in [5.74, 6) is 1.40. The number of nitrogens with zero attached hydrogens (tertiary/aromatic N) is 5. The maximum Gasteiger partial charge on any atom is 0.194 e. The molecule has 0 saturated heterocycles.